The van der Waals surface area contributed by atoms with Gasteiger partial charge in [0, 0.05) is 12.7 Å². The van der Waals surface area contributed by atoms with Crippen LogP contribution in [0.3, 0.4) is 0 Å². The monoisotopic (exact) mass is 242 g/mol. The van der Waals surface area contributed by atoms with Crippen molar-refractivity contribution in [3.05, 3.63) is 24.5 Å². The van der Waals surface area contributed by atoms with E-state index in [1.807, 2.05) is 6.07 Å². The molecule has 0 bridgehead atoms. The molecule has 0 saturated carbocycles. The summed E-state index contributed by atoms with van der Waals surface area (Å²) in [4.78, 5) is 3.94. The van der Waals surface area contributed by atoms with Crippen LogP contribution in [0.1, 0.15) is 6.42 Å². The first-order valence-electron chi connectivity index (χ1n) is 5.07. The highest BCUT2D eigenvalue weighted by molar-refractivity contribution is 7.88. The number of rotatable bonds is 3. The van der Waals surface area contributed by atoms with Gasteiger partial charge in [0.25, 0.3) is 0 Å². The van der Waals surface area contributed by atoms with Crippen LogP contribution in [0.2, 0.25) is 0 Å². The van der Waals surface area contributed by atoms with Gasteiger partial charge in [0.2, 0.25) is 10.0 Å². The lowest BCUT2D eigenvalue weighted by molar-refractivity contribution is 0.215. The highest BCUT2D eigenvalue weighted by Gasteiger charge is 2.29. The Labute approximate surface area is 95.1 Å². The fraction of sp³-hybridized carbons (Fsp3) is 0.500. The summed E-state index contributed by atoms with van der Waals surface area (Å²) in [6.07, 6.45) is 5.17. The lowest BCUT2D eigenvalue weighted by Crippen LogP contribution is -2.29. The second-order valence-electron chi connectivity index (χ2n) is 3.84. The first-order chi connectivity index (χ1) is 7.55. The van der Waals surface area contributed by atoms with Crippen molar-refractivity contribution in [2.75, 3.05) is 19.3 Å². The van der Waals surface area contributed by atoms with E-state index in [0.717, 1.165) is 6.42 Å². The molecule has 0 amide bonds. The van der Waals surface area contributed by atoms with Crippen molar-refractivity contribution in [2.24, 2.45) is 0 Å². The van der Waals surface area contributed by atoms with Crippen LogP contribution in [0.15, 0.2) is 24.5 Å². The molecule has 1 aromatic heterocycles. The Balaban J connectivity index is 1.96. The molecule has 0 aliphatic carbocycles. The third kappa shape index (κ3) is 2.70. The van der Waals surface area contributed by atoms with Crippen LogP contribution < -0.4 is 4.74 Å². The Morgan fingerprint density at radius 3 is 2.94 bits per heavy atom. The summed E-state index contributed by atoms with van der Waals surface area (Å²) in [5, 5.41) is 0. The average molecular weight is 242 g/mol. The van der Waals surface area contributed by atoms with Gasteiger partial charge in [-0.2, -0.15) is 4.31 Å². The second-order valence-corrected chi connectivity index (χ2v) is 5.82. The van der Waals surface area contributed by atoms with Crippen molar-refractivity contribution in [1.82, 2.24) is 9.29 Å². The van der Waals surface area contributed by atoms with Crippen LogP contribution in [-0.2, 0) is 10.0 Å². The van der Waals surface area contributed by atoms with Gasteiger partial charge < -0.3 is 4.74 Å². The molecule has 6 heteroatoms. The molecule has 1 atom stereocenters. The molecule has 5 nitrogen and oxygen atoms in total. The molecule has 0 N–H and O–H groups in total. The van der Waals surface area contributed by atoms with Crippen molar-refractivity contribution in [2.45, 2.75) is 12.5 Å². The first-order valence-corrected chi connectivity index (χ1v) is 6.92. The van der Waals surface area contributed by atoms with Gasteiger partial charge in [-0.3, -0.25) is 4.98 Å². The minimum absolute atomic E-state index is 0.0704. The SMILES string of the molecule is CS(=O)(=O)N1CC[C@@H](Oc2cccnc2)C1. The van der Waals surface area contributed by atoms with Crippen LogP contribution >= 0.6 is 0 Å². The molecule has 1 aliphatic rings. The van der Waals surface area contributed by atoms with Crippen LogP contribution in [-0.4, -0.2) is 43.2 Å². The Morgan fingerprint density at radius 2 is 2.38 bits per heavy atom. The van der Waals surface area contributed by atoms with E-state index in [1.54, 1.807) is 18.5 Å². The van der Waals surface area contributed by atoms with Gasteiger partial charge in [-0.15, -0.1) is 0 Å². The highest BCUT2D eigenvalue weighted by atomic mass is 32.2. The molecule has 1 fully saturated rings. The maximum absolute atomic E-state index is 11.3. The lowest BCUT2D eigenvalue weighted by Gasteiger charge is -2.14. The number of aromatic nitrogens is 1. The van der Waals surface area contributed by atoms with Gasteiger partial charge in [0.05, 0.1) is 19.0 Å². The maximum atomic E-state index is 11.3. The lowest BCUT2D eigenvalue weighted by atomic mass is 10.3. The summed E-state index contributed by atoms with van der Waals surface area (Å²) in [6.45, 7) is 0.956. The highest BCUT2D eigenvalue weighted by Crippen LogP contribution is 2.18. The van der Waals surface area contributed by atoms with Crippen molar-refractivity contribution in [1.29, 1.82) is 0 Å². The molecule has 0 radical (unpaired) electrons. The van der Waals surface area contributed by atoms with Crippen LogP contribution in [0, 0.1) is 0 Å². The van der Waals surface area contributed by atoms with E-state index in [2.05, 4.69) is 4.98 Å². The third-order valence-electron chi connectivity index (χ3n) is 2.51. The molecule has 2 heterocycles. The van der Waals surface area contributed by atoms with E-state index in [1.165, 1.54) is 10.6 Å². The second kappa shape index (κ2) is 4.39. The predicted octanol–water partition coefficient (Wildman–Crippen LogP) is 0.494. The summed E-state index contributed by atoms with van der Waals surface area (Å²) < 4.78 is 29.6. The summed E-state index contributed by atoms with van der Waals surface area (Å²) >= 11 is 0. The minimum atomic E-state index is -3.09. The van der Waals surface area contributed by atoms with Gasteiger partial charge >= 0.3 is 0 Å². The van der Waals surface area contributed by atoms with Crippen molar-refractivity contribution >= 4 is 10.0 Å². The normalized spacial score (nSPS) is 22.2. The van der Waals surface area contributed by atoms with Crippen LogP contribution in [0.5, 0.6) is 5.75 Å². The van der Waals surface area contributed by atoms with E-state index in [-0.39, 0.29) is 6.10 Å². The summed E-state index contributed by atoms with van der Waals surface area (Å²) in [5.41, 5.74) is 0. The molecule has 1 aliphatic heterocycles. The molecular weight excluding hydrogens is 228 g/mol. The quantitative estimate of drug-likeness (QED) is 0.774. The van der Waals surface area contributed by atoms with Gasteiger partial charge in [0.1, 0.15) is 11.9 Å². The van der Waals surface area contributed by atoms with Crippen molar-refractivity contribution in [3.8, 4) is 5.75 Å². The van der Waals surface area contributed by atoms with Crippen LogP contribution in [0.25, 0.3) is 0 Å². The number of hydrogen-bond donors (Lipinski definition) is 0. The number of sulfonamides is 1. The van der Waals surface area contributed by atoms with Gasteiger partial charge in [-0.25, -0.2) is 8.42 Å². The molecule has 16 heavy (non-hydrogen) atoms. The number of ether oxygens (including phenoxy) is 1. The molecule has 0 unspecified atom stereocenters. The smallest absolute Gasteiger partial charge is 0.211 e. The van der Waals surface area contributed by atoms with Crippen molar-refractivity contribution in [3.63, 3.8) is 0 Å². The predicted molar refractivity (Wildman–Crippen MR) is 59.7 cm³/mol. The molecular formula is C10H14N2O3S. The summed E-state index contributed by atoms with van der Waals surface area (Å²) in [6, 6.07) is 3.61. The zero-order valence-electron chi connectivity index (χ0n) is 9.04. The zero-order valence-corrected chi connectivity index (χ0v) is 9.85. The molecule has 0 aromatic carbocycles. The molecule has 1 saturated heterocycles. The fourth-order valence-corrected chi connectivity index (χ4v) is 2.58. The van der Waals surface area contributed by atoms with E-state index < -0.39 is 10.0 Å². The Kier molecular flexibility index (Phi) is 3.11. The topological polar surface area (TPSA) is 59.5 Å². The van der Waals surface area contributed by atoms with Gasteiger partial charge in [-0.1, -0.05) is 0 Å². The van der Waals surface area contributed by atoms with Crippen LogP contribution in [0.4, 0.5) is 0 Å². The summed E-state index contributed by atoms with van der Waals surface area (Å²) in [5.74, 6) is 0.683. The van der Waals surface area contributed by atoms with Gasteiger partial charge in [-0.05, 0) is 18.6 Å². The van der Waals surface area contributed by atoms with E-state index >= 15 is 0 Å². The summed E-state index contributed by atoms with van der Waals surface area (Å²) in [7, 11) is -3.09. The van der Waals surface area contributed by atoms with E-state index in [9.17, 15) is 8.42 Å². The third-order valence-corrected chi connectivity index (χ3v) is 3.78. The fourth-order valence-electron chi connectivity index (χ4n) is 1.70. The number of pyridine rings is 1. The van der Waals surface area contributed by atoms with E-state index in [0.29, 0.717) is 18.8 Å². The molecule has 0 spiro atoms. The molecule has 88 valence electrons. The number of nitrogens with zero attached hydrogens (tertiary/aromatic N) is 2. The molecule has 1 aromatic rings. The van der Waals surface area contributed by atoms with Crippen molar-refractivity contribution < 1.29 is 13.2 Å². The van der Waals surface area contributed by atoms with Gasteiger partial charge in [0.15, 0.2) is 0 Å². The Bertz CT molecular complexity index is 446. The minimum Gasteiger partial charge on any atom is -0.487 e. The van der Waals surface area contributed by atoms with E-state index in [4.69, 9.17) is 4.74 Å². The largest absolute Gasteiger partial charge is 0.487 e. The Morgan fingerprint density at radius 1 is 1.56 bits per heavy atom. The maximum Gasteiger partial charge on any atom is 0.211 e. The number of hydrogen-bond acceptors (Lipinski definition) is 4. The average Bonchev–Trinajstić information content (AvgIpc) is 2.67. The standard InChI is InChI=1S/C10H14N2O3S/c1-16(13,14)12-6-4-10(8-12)15-9-3-2-5-11-7-9/h2-3,5,7,10H,4,6,8H2,1H3/t10-/m1/s1. The first kappa shape index (κ1) is 11.3. The molecule has 2 rings (SSSR count). The zero-order chi connectivity index (χ0) is 11.6. The Hall–Kier alpha value is -1.14.